The van der Waals surface area contributed by atoms with Gasteiger partial charge in [-0.05, 0) is 19.8 Å². The first-order valence-electron chi connectivity index (χ1n) is 4.06. The van der Waals surface area contributed by atoms with Crippen LogP contribution in [0.4, 0.5) is 0 Å². The maximum atomic E-state index is 8.81. The van der Waals surface area contributed by atoms with E-state index >= 15 is 0 Å². The Kier molecular flexibility index (Phi) is 5.16. The molecule has 0 aliphatic heterocycles. The monoisotopic (exact) mass is 157 g/mol. The topological polar surface area (TPSA) is 32.3 Å². The van der Waals surface area contributed by atoms with Crippen LogP contribution in [0.1, 0.15) is 20.8 Å². The normalized spacial score (nSPS) is 16.0. The zero-order chi connectivity index (χ0) is 8.85. The molecule has 2 nitrogen and oxygen atoms in total. The van der Waals surface area contributed by atoms with Crippen LogP contribution in [-0.4, -0.2) is 24.3 Å². The Balaban J connectivity index is 3.51. The summed E-state index contributed by atoms with van der Waals surface area (Å²) in [6.45, 7) is 11.0. The average molecular weight is 157 g/mol. The lowest BCUT2D eigenvalue weighted by Gasteiger charge is -2.18. The number of nitrogens with one attached hydrogen (secondary N) is 1. The van der Waals surface area contributed by atoms with Gasteiger partial charge in [0.2, 0.25) is 0 Å². The summed E-state index contributed by atoms with van der Waals surface area (Å²) in [5, 5.41) is 12.1. The van der Waals surface area contributed by atoms with E-state index in [2.05, 4.69) is 18.8 Å². The number of hydrogen-bond acceptors (Lipinski definition) is 2. The third kappa shape index (κ3) is 4.99. The minimum atomic E-state index is 0.240. The van der Waals surface area contributed by atoms with Crippen molar-refractivity contribution >= 4 is 0 Å². The molecule has 0 aromatic heterocycles. The Morgan fingerprint density at radius 3 is 2.45 bits per heavy atom. The van der Waals surface area contributed by atoms with Gasteiger partial charge in [0, 0.05) is 19.2 Å². The van der Waals surface area contributed by atoms with Crippen LogP contribution in [0.2, 0.25) is 0 Å². The summed E-state index contributed by atoms with van der Waals surface area (Å²) in [7, 11) is 0. The molecule has 0 aromatic rings. The van der Waals surface area contributed by atoms with Gasteiger partial charge in [-0.3, -0.25) is 0 Å². The molecule has 2 unspecified atom stereocenters. The molecular formula is C9H19NO. The van der Waals surface area contributed by atoms with Gasteiger partial charge in [-0.1, -0.05) is 19.1 Å². The molecule has 0 radical (unpaired) electrons. The predicted molar refractivity (Wildman–Crippen MR) is 48.5 cm³/mol. The Morgan fingerprint density at radius 2 is 2.09 bits per heavy atom. The van der Waals surface area contributed by atoms with E-state index < -0.39 is 0 Å². The van der Waals surface area contributed by atoms with Gasteiger partial charge in [-0.15, -0.1) is 0 Å². The van der Waals surface area contributed by atoms with E-state index in [4.69, 9.17) is 5.11 Å². The van der Waals surface area contributed by atoms with E-state index in [1.54, 1.807) is 0 Å². The second kappa shape index (κ2) is 5.33. The van der Waals surface area contributed by atoms with Crippen LogP contribution >= 0.6 is 0 Å². The van der Waals surface area contributed by atoms with Crippen molar-refractivity contribution in [2.24, 2.45) is 5.92 Å². The molecule has 0 saturated carbocycles. The molecule has 0 aliphatic carbocycles. The van der Waals surface area contributed by atoms with E-state index in [1.165, 1.54) is 0 Å². The van der Waals surface area contributed by atoms with Crippen molar-refractivity contribution in [2.75, 3.05) is 13.2 Å². The summed E-state index contributed by atoms with van der Waals surface area (Å²) >= 11 is 0. The fraction of sp³-hybridized carbons (Fsp3) is 0.778. The SMILES string of the molecule is C=C(C)CNC(C)C(C)CO. The van der Waals surface area contributed by atoms with Gasteiger partial charge in [0.25, 0.3) is 0 Å². The van der Waals surface area contributed by atoms with Crippen LogP contribution in [0.25, 0.3) is 0 Å². The molecule has 2 N–H and O–H groups in total. The van der Waals surface area contributed by atoms with Gasteiger partial charge in [-0.2, -0.15) is 0 Å². The van der Waals surface area contributed by atoms with Gasteiger partial charge in [0.05, 0.1) is 0 Å². The van der Waals surface area contributed by atoms with Crippen LogP contribution in [0.3, 0.4) is 0 Å². The van der Waals surface area contributed by atoms with Crippen LogP contribution < -0.4 is 5.32 Å². The van der Waals surface area contributed by atoms with Crippen molar-refractivity contribution in [1.82, 2.24) is 5.32 Å². The molecule has 0 heterocycles. The first-order chi connectivity index (χ1) is 5.07. The number of rotatable bonds is 5. The molecule has 0 spiro atoms. The Labute approximate surface area is 69.3 Å². The second-order valence-corrected chi connectivity index (χ2v) is 3.29. The number of aliphatic hydroxyl groups excluding tert-OH is 1. The van der Waals surface area contributed by atoms with Gasteiger partial charge in [-0.25, -0.2) is 0 Å². The fourth-order valence-electron chi connectivity index (χ4n) is 0.695. The molecule has 0 saturated heterocycles. The molecule has 2 atom stereocenters. The molecule has 0 aliphatic rings. The van der Waals surface area contributed by atoms with Crippen LogP contribution in [0, 0.1) is 5.92 Å². The lowest BCUT2D eigenvalue weighted by atomic mass is 10.1. The standard InChI is InChI=1S/C9H19NO/c1-7(2)5-10-9(4)8(3)6-11/h8-11H,1,5-6H2,2-4H3. The van der Waals surface area contributed by atoms with Crippen LogP contribution in [0.5, 0.6) is 0 Å². The highest BCUT2D eigenvalue weighted by molar-refractivity contribution is 4.91. The quantitative estimate of drug-likeness (QED) is 0.587. The first kappa shape index (κ1) is 10.7. The van der Waals surface area contributed by atoms with Gasteiger partial charge in [0.15, 0.2) is 0 Å². The van der Waals surface area contributed by atoms with Crippen molar-refractivity contribution in [1.29, 1.82) is 0 Å². The third-order valence-electron chi connectivity index (χ3n) is 1.87. The van der Waals surface area contributed by atoms with E-state index in [0.717, 1.165) is 12.1 Å². The number of aliphatic hydroxyl groups is 1. The highest BCUT2D eigenvalue weighted by atomic mass is 16.3. The Morgan fingerprint density at radius 1 is 1.55 bits per heavy atom. The molecule has 0 amide bonds. The van der Waals surface area contributed by atoms with Crippen LogP contribution in [0.15, 0.2) is 12.2 Å². The lowest BCUT2D eigenvalue weighted by molar-refractivity contribution is 0.209. The maximum absolute atomic E-state index is 8.81. The summed E-state index contributed by atoms with van der Waals surface area (Å²) in [4.78, 5) is 0. The smallest absolute Gasteiger partial charge is 0.0471 e. The summed E-state index contributed by atoms with van der Waals surface area (Å²) in [5.41, 5.74) is 1.13. The molecule has 0 rings (SSSR count). The van der Waals surface area contributed by atoms with Gasteiger partial charge >= 0.3 is 0 Å². The van der Waals surface area contributed by atoms with Crippen molar-refractivity contribution in [3.63, 3.8) is 0 Å². The molecular weight excluding hydrogens is 138 g/mol. The summed E-state index contributed by atoms with van der Waals surface area (Å²) in [6, 6.07) is 0.358. The van der Waals surface area contributed by atoms with Crippen LogP contribution in [-0.2, 0) is 0 Å². The van der Waals surface area contributed by atoms with Gasteiger partial charge in [0.1, 0.15) is 0 Å². The fourth-order valence-corrected chi connectivity index (χ4v) is 0.695. The third-order valence-corrected chi connectivity index (χ3v) is 1.87. The van der Waals surface area contributed by atoms with Gasteiger partial charge < -0.3 is 10.4 Å². The molecule has 0 aromatic carbocycles. The van der Waals surface area contributed by atoms with E-state index in [9.17, 15) is 0 Å². The largest absolute Gasteiger partial charge is 0.396 e. The van der Waals surface area contributed by atoms with E-state index in [0.29, 0.717) is 12.0 Å². The molecule has 11 heavy (non-hydrogen) atoms. The Bertz CT molecular complexity index is 123. The number of hydrogen-bond donors (Lipinski definition) is 2. The van der Waals surface area contributed by atoms with E-state index in [-0.39, 0.29) is 6.61 Å². The highest BCUT2D eigenvalue weighted by Gasteiger charge is 2.08. The second-order valence-electron chi connectivity index (χ2n) is 3.29. The van der Waals surface area contributed by atoms with Crippen molar-refractivity contribution in [3.8, 4) is 0 Å². The molecule has 0 bridgehead atoms. The minimum Gasteiger partial charge on any atom is -0.396 e. The first-order valence-corrected chi connectivity index (χ1v) is 4.06. The summed E-state index contributed by atoms with van der Waals surface area (Å²) < 4.78 is 0. The van der Waals surface area contributed by atoms with Crippen molar-refractivity contribution in [2.45, 2.75) is 26.8 Å². The lowest BCUT2D eigenvalue weighted by Crippen LogP contribution is -2.34. The molecule has 0 fully saturated rings. The van der Waals surface area contributed by atoms with Crippen molar-refractivity contribution in [3.05, 3.63) is 12.2 Å². The Hall–Kier alpha value is -0.340. The zero-order valence-electron chi connectivity index (χ0n) is 7.72. The predicted octanol–water partition coefficient (Wildman–Crippen LogP) is 1.17. The maximum Gasteiger partial charge on any atom is 0.0471 e. The average Bonchev–Trinajstić information content (AvgIpc) is 1.98. The zero-order valence-corrected chi connectivity index (χ0v) is 7.72. The molecule has 2 heteroatoms. The summed E-state index contributed by atoms with van der Waals surface area (Å²) in [6.07, 6.45) is 0. The minimum absolute atomic E-state index is 0.240. The highest BCUT2D eigenvalue weighted by Crippen LogP contribution is 2.00. The van der Waals surface area contributed by atoms with E-state index in [1.807, 2.05) is 13.8 Å². The summed E-state index contributed by atoms with van der Waals surface area (Å²) in [5.74, 6) is 0.314. The van der Waals surface area contributed by atoms with Crippen molar-refractivity contribution < 1.29 is 5.11 Å². The molecule has 66 valence electrons.